The van der Waals surface area contributed by atoms with Gasteiger partial charge in [0.15, 0.2) is 0 Å². The molecular weight excluding hydrogens is 378 g/mol. The molecule has 4 bridgehead atoms. The highest BCUT2D eigenvalue weighted by molar-refractivity contribution is 5.86. The minimum Gasteiger partial charge on any atom is -0.481 e. The van der Waals surface area contributed by atoms with Crippen LogP contribution < -0.4 is 5.32 Å². The van der Waals surface area contributed by atoms with Gasteiger partial charge in [-0.3, -0.25) is 9.59 Å². The zero-order valence-electron chi connectivity index (χ0n) is 18.0. The Balaban J connectivity index is 1.29. The number of amides is 1. The van der Waals surface area contributed by atoms with E-state index < -0.39 is 17.0 Å². The van der Waals surface area contributed by atoms with Gasteiger partial charge in [-0.15, -0.1) is 0 Å². The second-order valence-electron chi connectivity index (χ2n) is 10.8. The molecule has 5 heteroatoms. The molecule has 5 aliphatic rings. The van der Waals surface area contributed by atoms with Gasteiger partial charge in [-0.2, -0.15) is 0 Å². The number of hydrogen-bond donors (Lipinski definition) is 2. The van der Waals surface area contributed by atoms with Crippen LogP contribution in [0.25, 0.3) is 0 Å². The smallest absolute Gasteiger partial charge is 0.311 e. The van der Waals surface area contributed by atoms with Crippen LogP contribution in [-0.4, -0.2) is 34.7 Å². The van der Waals surface area contributed by atoms with Crippen LogP contribution in [-0.2, 0) is 27.2 Å². The van der Waals surface area contributed by atoms with Crippen LogP contribution in [0.4, 0.5) is 0 Å². The molecule has 6 rings (SSSR count). The highest BCUT2D eigenvalue weighted by Crippen LogP contribution is 2.60. The quantitative estimate of drug-likeness (QED) is 0.774. The zero-order valence-corrected chi connectivity index (χ0v) is 18.0. The van der Waals surface area contributed by atoms with Crippen LogP contribution in [0.2, 0.25) is 0 Å². The minimum atomic E-state index is -0.981. The van der Waals surface area contributed by atoms with Gasteiger partial charge in [-0.25, -0.2) is 0 Å². The Morgan fingerprint density at radius 1 is 1.10 bits per heavy atom. The lowest BCUT2D eigenvalue weighted by atomic mass is 9.47. The molecule has 0 aliphatic heterocycles. The Morgan fingerprint density at radius 2 is 1.77 bits per heavy atom. The molecule has 1 amide bonds. The topological polar surface area (TPSA) is 75.6 Å². The predicted octanol–water partition coefficient (Wildman–Crippen LogP) is 3.73. The molecule has 162 valence electrons. The maximum absolute atomic E-state index is 13.3. The van der Waals surface area contributed by atoms with Crippen LogP contribution in [0.3, 0.4) is 0 Å². The molecular formula is C25H33NO4. The van der Waals surface area contributed by atoms with Gasteiger partial charge in [0, 0.05) is 6.04 Å². The fourth-order valence-corrected chi connectivity index (χ4v) is 7.15. The van der Waals surface area contributed by atoms with E-state index in [4.69, 9.17) is 4.74 Å². The maximum Gasteiger partial charge on any atom is 0.311 e. The molecule has 30 heavy (non-hydrogen) atoms. The second kappa shape index (κ2) is 7.08. The van der Waals surface area contributed by atoms with Crippen LogP contribution in [0.1, 0.15) is 63.5 Å². The van der Waals surface area contributed by atoms with E-state index in [0.717, 1.165) is 32.1 Å². The van der Waals surface area contributed by atoms with Gasteiger partial charge in [0.25, 0.3) is 5.91 Å². The first-order chi connectivity index (χ1) is 14.3. The fraction of sp³-hybridized carbons (Fsp3) is 0.680. The van der Waals surface area contributed by atoms with E-state index >= 15 is 0 Å². The molecule has 0 aromatic heterocycles. The molecule has 2 N–H and O–H groups in total. The van der Waals surface area contributed by atoms with Gasteiger partial charge in [0.1, 0.15) is 5.60 Å². The number of ether oxygens (including phenoxy) is 1. The van der Waals surface area contributed by atoms with Crippen LogP contribution in [0, 0.1) is 23.2 Å². The lowest BCUT2D eigenvalue weighted by molar-refractivity contribution is -0.175. The Hall–Kier alpha value is -1.88. The average Bonchev–Trinajstić information content (AvgIpc) is 2.69. The van der Waals surface area contributed by atoms with Crippen LogP contribution in [0.15, 0.2) is 24.3 Å². The van der Waals surface area contributed by atoms with Crippen molar-refractivity contribution in [2.24, 2.45) is 23.2 Å². The number of aliphatic carboxylic acids is 1. The van der Waals surface area contributed by atoms with Gasteiger partial charge >= 0.3 is 5.97 Å². The van der Waals surface area contributed by atoms with E-state index in [0.29, 0.717) is 24.7 Å². The van der Waals surface area contributed by atoms with Crippen LogP contribution >= 0.6 is 0 Å². The number of fused-ring (bicyclic) bond motifs is 1. The summed E-state index contributed by atoms with van der Waals surface area (Å²) in [4.78, 5) is 25.7. The molecule has 0 saturated heterocycles. The van der Waals surface area contributed by atoms with Crippen molar-refractivity contribution in [3.63, 3.8) is 0 Å². The summed E-state index contributed by atoms with van der Waals surface area (Å²) in [5.41, 5.74) is 0.905. The summed E-state index contributed by atoms with van der Waals surface area (Å²) in [6.07, 6.45) is 7.39. The van der Waals surface area contributed by atoms with Gasteiger partial charge in [-0.05, 0) is 94.1 Å². The number of aryl methyl sites for hydroxylation is 1. The monoisotopic (exact) mass is 411 g/mol. The zero-order chi connectivity index (χ0) is 21.1. The molecule has 4 fully saturated rings. The molecule has 5 aliphatic carbocycles. The van der Waals surface area contributed by atoms with Crippen molar-refractivity contribution in [1.29, 1.82) is 0 Å². The number of nitrogens with one attached hydrogen (secondary N) is 1. The maximum atomic E-state index is 13.3. The van der Waals surface area contributed by atoms with E-state index in [2.05, 4.69) is 29.6 Å². The van der Waals surface area contributed by atoms with E-state index in [1.807, 2.05) is 13.8 Å². The summed E-state index contributed by atoms with van der Waals surface area (Å²) in [6, 6.07) is 8.16. The molecule has 0 radical (unpaired) electrons. The molecule has 4 atom stereocenters. The number of carbonyl (C=O) groups is 2. The largest absolute Gasteiger partial charge is 0.481 e. The summed E-state index contributed by atoms with van der Waals surface area (Å²) in [7, 11) is 0. The lowest BCUT2D eigenvalue weighted by Gasteiger charge is -2.59. The van der Waals surface area contributed by atoms with Crippen molar-refractivity contribution in [3.05, 3.63) is 35.4 Å². The Labute approximate surface area is 178 Å². The third-order valence-corrected chi connectivity index (χ3v) is 8.33. The third-order valence-electron chi connectivity index (χ3n) is 8.33. The first kappa shape index (κ1) is 20.0. The van der Waals surface area contributed by atoms with Crippen molar-refractivity contribution < 1.29 is 19.4 Å². The first-order valence-corrected chi connectivity index (χ1v) is 11.6. The van der Waals surface area contributed by atoms with Crippen molar-refractivity contribution in [2.75, 3.05) is 0 Å². The molecule has 4 unspecified atom stereocenters. The fourth-order valence-electron chi connectivity index (χ4n) is 7.15. The van der Waals surface area contributed by atoms with Gasteiger partial charge in [-0.1, -0.05) is 24.3 Å². The molecule has 0 spiro atoms. The van der Waals surface area contributed by atoms with Gasteiger partial charge in [0.2, 0.25) is 0 Å². The summed E-state index contributed by atoms with van der Waals surface area (Å²) in [6.45, 7) is 3.65. The SMILES string of the molecule is CC(C)(OC1CCc2ccccc2C1)C(=O)NC1C2CC3CC(C2)CC1(C(=O)O)C3. The molecule has 0 heterocycles. The Morgan fingerprint density at radius 3 is 2.43 bits per heavy atom. The van der Waals surface area contributed by atoms with Crippen molar-refractivity contribution >= 4 is 11.9 Å². The van der Waals surface area contributed by atoms with Crippen LogP contribution in [0.5, 0.6) is 0 Å². The number of carboxylic acid groups (broad SMARTS) is 1. The van der Waals surface area contributed by atoms with E-state index in [1.165, 1.54) is 17.5 Å². The first-order valence-electron chi connectivity index (χ1n) is 11.6. The van der Waals surface area contributed by atoms with E-state index in [9.17, 15) is 14.7 Å². The number of rotatable bonds is 5. The minimum absolute atomic E-state index is 0.00702. The molecule has 4 saturated carbocycles. The number of carbonyl (C=O) groups excluding carboxylic acids is 1. The summed E-state index contributed by atoms with van der Waals surface area (Å²) in [5, 5.41) is 13.3. The van der Waals surface area contributed by atoms with Gasteiger partial charge in [0.05, 0.1) is 11.5 Å². The average molecular weight is 412 g/mol. The normalized spacial score (nSPS) is 36.9. The molecule has 1 aromatic rings. The summed E-state index contributed by atoms with van der Waals surface area (Å²) >= 11 is 0. The van der Waals surface area contributed by atoms with Crippen molar-refractivity contribution in [3.8, 4) is 0 Å². The lowest BCUT2D eigenvalue weighted by Crippen LogP contribution is -2.66. The summed E-state index contributed by atoms with van der Waals surface area (Å²) in [5.74, 6) is 0.416. The van der Waals surface area contributed by atoms with E-state index in [1.54, 1.807) is 0 Å². The predicted molar refractivity (Wildman–Crippen MR) is 113 cm³/mol. The highest BCUT2D eigenvalue weighted by Gasteiger charge is 2.61. The molecule has 1 aromatic carbocycles. The molecule has 5 nitrogen and oxygen atoms in total. The number of hydrogen-bond acceptors (Lipinski definition) is 3. The van der Waals surface area contributed by atoms with Crippen molar-refractivity contribution in [1.82, 2.24) is 5.32 Å². The Bertz CT molecular complexity index is 848. The third kappa shape index (κ3) is 3.26. The van der Waals surface area contributed by atoms with Crippen molar-refractivity contribution in [2.45, 2.75) is 83.0 Å². The second-order valence-corrected chi connectivity index (χ2v) is 10.8. The number of carboxylic acids is 1. The standard InChI is InChI=1S/C25H33NO4/c1-24(2,30-20-8-7-17-5-3-4-6-18(17)12-20)22(27)26-21-19-10-15-9-16(11-19)14-25(21,13-15)23(28)29/h3-6,15-16,19-21H,7-14H2,1-2H3,(H,26,27)(H,28,29). The highest BCUT2D eigenvalue weighted by atomic mass is 16.5. The van der Waals surface area contributed by atoms with Gasteiger partial charge < -0.3 is 15.2 Å². The van der Waals surface area contributed by atoms with E-state index in [-0.39, 0.29) is 24.0 Å². The Kier molecular flexibility index (Phi) is 4.73. The number of benzene rings is 1. The summed E-state index contributed by atoms with van der Waals surface area (Å²) < 4.78 is 6.32.